The van der Waals surface area contributed by atoms with Crippen LogP contribution < -0.4 is 9.47 Å². The maximum absolute atomic E-state index is 13.0. The molecule has 0 bridgehead atoms. The van der Waals surface area contributed by atoms with Crippen molar-refractivity contribution in [2.24, 2.45) is 0 Å². The third-order valence-electron chi connectivity index (χ3n) is 4.45. The molecule has 0 fully saturated rings. The van der Waals surface area contributed by atoms with Crippen molar-refractivity contribution in [3.63, 3.8) is 0 Å². The van der Waals surface area contributed by atoms with Crippen molar-refractivity contribution in [1.29, 1.82) is 0 Å². The molecule has 0 aliphatic rings. The lowest BCUT2D eigenvalue weighted by Gasteiger charge is -2.15. The minimum absolute atomic E-state index is 0.0976. The molecule has 6 heteroatoms. The molecule has 0 saturated heterocycles. The van der Waals surface area contributed by atoms with Crippen LogP contribution in [0.3, 0.4) is 0 Å². The van der Waals surface area contributed by atoms with E-state index in [2.05, 4.69) is 0 Å². The van der Waals surface area contributed by atoms with E-state index in [1.54, 1.807) is 37.0 Å². The smallest absolute Gasteiger partial charge is 0.257 e. The van der Waals surface area contributed by atoms with E-state index < -0.39 is 0 Å². The first-order valence-electron chi connectivity index (χ1n) is 8.72. The summed E-state index contributed by atoms with van der Waals surface area (Å²) in [5.41, 5.74) is 2.65. The molecule has 0 saturated carbocycles. The SMILES string of the molecule is CCN(C)C(=O)c1cn(-c2ccccc2)nc1-c1cc(OC)ccc1OC. The number of carbonyl (C=O) groups is 1. The van der Waals surface area contributed by atoms with Gasteiger partial charge in [-0.1, -0.05) is 18.2 Å². The fourth-order valence-corrected chi connectivity index (χ4v) is 2.79. The van der Waals surface area contributed by atoms with Crippen molar-refractivity contribution >= 4 is 5.91 Å². The second-order valence-corrected chi connectivity index (χ2v) is 6.06. The Morgan fingerprint density at radius 3 is 2.48 bits per heavy atom. The van der Waals surface area contributed by atoms with E-state index in [1.807, 2.05) is 55.5 Å². The summed E-state index contributed by atoms with van der Waals surface area (Å²) < 4.78 is 12.6. The van der Waals surface area contributed by atoms with Crippen LogP contribution in [0.15, 0.2) is 54.7 Å². The summed E-state index contributed by atoms with van der Waals surface area (Å²) >= 11 is 0. The molecule has 27 heavy (non-hydrogen) atoms. The summed E-state index contributed by atoms with van der Waals surface area (Å²) in [6.45, 7) is 2.54. The number of amides is 1. The van der Waals surface area contributed by atoms with E-state index >= 15 is 0 Å². The second-order valence-electron chi connectivity index (χ2n) is 6.06. The maximum atomic E-state index is 13.0. The zero-order valence-corrected chi connectivity index (χ0v) is 16.0. The average Bonchev–Trinajstić information content (AvgIpc) is 3.18. The van der Waals surface area contributed by atoms with Gasteiger partial charge in [0.15, 0.2) is 0 Å². The predicted octanol–water partition coefficient (Wildman–Crippen LogP) is 3.65. The molecular weight excluding hydrogens is 342 g/mol. The number of hydrogen-bond acceptors (Lipinski definition) is 4. The van der Waals surface area contributed by atoms with Gasteiger partial charge in [0.05, 0.1) is 25.5 Å². The predicted molar refractivity (Wildman–Crippen MR) is 105 cm³/mol. The van der Waals surface area contributed by atoms with E-state index in [0.717, 1.165) is 5.69 Å². The first kappa shape index (κ1) is 18.5. The number of nitrogens with zero attached hydrogens (tertiary/aromatic N) is 3. The lowest BCUT2D eigenvalue weighted by molar-refractivity contribution is 0.0803. The largest absolute Gasteiger partial charge is 0.497 e. The molecule has 0 aliphatic carbocycles. The molecule has 1 aromatic heterocycles. The van der Waals surface area contributed by atoms with Crippen LogP contribution in [-0.2, 0) is 0 Å². The van der Waals surface area contributed by atoms with E-state index in [0.29, 0.717) is 34.9 Å². The average molecular weight is 365 g/mol. The summed E-state index contributed by atoms with van der Waals surface area (Å²) in [7, 11) is 4.97. The van der Waals surface area contributed by atoms with Crippen LogP contribution in [0.1, 0.15) is 17.3 Å². The molecular formula is C21H23N3O3. The highest BCUT2D eigenvalue weighted by molar-refractivity contribution is 6.00. The number of hydrogen-bond donors (Lipinski definition) is 0. The van der Waals surface area contributed by atoms with Crippen molar-refractivity contribution in [3.8, 4) is 28.4 Å². The van der Waals surface area contributed by atoms with Gasteiger partial charge in [0.1, 0.15) is 17.2 Å². The molecule has 0 atom stereocenters. The number of rotatable bonds is 6. The first-order valence-corrected chi connectivity index (χ1v) is 8.72. The van der Waals surface area contributed by atoms with Crippen LogP contribution >= 0.6 is 0 Å². The maximum Gasteiger partial charge on any atom is 0.257 e. The quantitative estimate of drug-likeness (QED) is 0.669. The second kappa shape index (κ2) is 7.95. The van der Waals surface area contributed by atoms with Crippen molar-refractivity contribution in [2.45, 2.75) is 6.92 Å². The number of para-hydroxylation sites is 1. The minimum Gasteiger partial charge on any atom is -0.497 e. The van der Waals surface area contributed by atoms with Gasteiger partial charge in [0.25, 0.3) is 5.91 Å². The van der Waals surface area contributed by atoms with Crippen LogP contribution in [0.5, 0.6) is 11.5 Å². The number of benzene rings is 2. The standard InChI is InChI=1S/C21H23N3O3/c1-5-23(2)21(25)18-14-24(15-9-7-6-8-10-15)22-20(18)17-13-16(26-3)11-12-19(17)27-4/h6-14H,5H2,1-4H3. The Morgan fingerprint density at radius 2 is 1.85 bits per heavy atom. The monoisotopic (exact) mass is 365 g/mol. The van der Waals surface area contributed by atoms with E-state index in [1.165, 1.54) is 0 Å². The molecule has 2 aromatic carbocycles. The fourth-order valence-electron chi connectivity index (χ4n) is 2.79. The van der Waals surface area contributed by atoms with E-state index in [-0.39, 0.29) is 5.91 Å². The lowest BCUT2D eigenvalue weighted by atomic mass is 10.1. The van der Waals surface area contributed by atoms with Crippen LogP contribution in [0.4, 0.5) is 0 Å². The Balaban J connectivity index is 2.22. The number of ether oxygens (including phenoxy) is 2. The fraction of sp³-hybridized carbons (Fsp3) is 0.238. The zero-order valence-electron chi connectivity index (χ0n) is 16.0. The number of aromatic nitrogens is 2. The Hall–Kier alpha value is -3.28. The van der Waals surface area contributed by atoms with Gasteiger partial charge in [-0.2, -0.15) is 5.10 Å². The molecule has 3 aromatic rings. The van der Waals surface area contributed by atoms with Crippen molar-refractivity contribution in [3.05, 3.63) is 60.3 Å². The normalized spacial score (nSPS) is 10.5. The van der Waals surface area contributed by atoms with Gasteiger partial charge in [0, 0.05) is 25.4 Å². The Kier molecular flexibility index (Phi) is 5.45. The first-order chi connectivity index (χ1) is 13.1. The van der Waals surface area contributed by atoms with Crippen LogP contribution in [0.2, 0.25) is 0 Å². The molecule has 0 spiro atoms. The minimum atomic E-state index is -0.0976. The summed E-state index contributed by atoms with van der Waals surface area (Å²) in [6, 6.07) is 15.2. The highest BCUT2D eigenvalue weighted by Gasteiger charge is 2.23. The molecule has 1 heterocycles. The van der Waals surface area contributed by atoms with Crippen LogP contribution in [0.25, 0.3) is 16.9 Å². The van der Waals surface area contributed by atoms with E-state index in [9.17, 15) is 4.79 Å². The van der Waals surface area contributed by atoms with Crippen molar-refractivity contribution < 1.29 is 14.3 Å². The van der Waals surface area contributed by atoms with Gasteiger partial charge < -0.3 is 14.4 Å². The van der Waals surface area contributed by atoms with Gasteiger partial charge in [-0.05, 0) is 37.3 Å². The Labute approximate surface area is 158 Å². The van der Waals surface area contributed by atoms with Crippen molar-refractivity contribution in [2.75, 3.05) is 27.8 Å². The summed E-state index contributed by atoms with van der Waals surface area (Å²) in [5.74, 6) is 1.20. The number of carbonyl (C=O) groups excluding carboxylic acids is 1. The highest BCUT2D eigenvalue weighted by atomic mass is 16.5. The summed E-state index contributed by atoms with van der Waals surface area (Å²) in [4.78, 5) is 14.6. The zero-order chi connectivity index (χ0) is 19.4. The highest BCUT2D eigenvalue weighted by Crippen LogP contribution is 2.35. The molecule has 0 unspecified atom stereocenters. The molecule has 0 N–H and O–H groups in total. The van der Waals surface area contributed by atoms with Crippen molar-refractivity contribution in [1.82, 2.24) is 14.7 Å². The third kappa shape index (κ3) is 3.65. The Bertz CT molecular complexity index is 935. The Morgan fingerprint density at radius 1 is 1.11 bits per heavy atom. The van der Waals surface area contributed by atoms with Crippen LogP contribution in [0, 0.1) is 0 Å². The van der Waals surface area contributed by atoms with Gasteiger partial charge in [-0.15, -0.1) is 0 Å². The van der Waals surface area contributed by atoms with Crippen LogP contribution in [-0.4, -0.2) is 48.4 Å². The topological polar surface area (TPSA) is 56.6 Å². The number of methoxy groups -OCH3 is 2. The lowest BCUT2D eigenvalue weighted by Crippen LogP contribution is -2.26. The van der Waals surface area contributed by atoms with E-state index in [4.69, 9.17) is 14.6 Å². The summed E-state index contributed by atoms with van der Waals surface area (Å²) in [5, 5.41) is 4.71. The molecule has 140 valence electrons. The van der Waals surface area contributed by atoms with Gasteiger partial charge in [-0.25, -0.2) is 4.68 Å². The molecule has 6 nitrogen and oxygen atoms in total. The molecule has 1 amide bonds. The molecule has 3 rings (SSSR count). The summed E-state index contributed by atoms with van der Waals surface area (Å²) in [6.07, 6.45) is 1.76. The molecule has 0 radical (unpaired) electrons. The van der Waals surface area contributed by atoms with Gasteiger partial charge in [-0.3, -0.25) is 4.79 Å². The third-order valence-corrected chi connectivity index (χ3v) is 4.45. The molecule has 0 aliphatic heterocycles. The van der Waals surface area contributed by atoms with Gasteiger partial charge >= 0.3 is 0 Å². The van der Waals surface area contributed by atoms with Gasteiger partial charge in [0.2, 0.25) is 0 Å².